The first-order chi connectivity index (χ1) is 16.8. The molecule has 192 valence electrons. The summed E-state index contributed by atoms with van der Waals surface area (Å²) in [4.78, 5) is 25.5. The maximum Gasteiger partial charge on any atom is 0.243 e. The molecule has 0 bridgehead atoms. The van der Waals surface area contributed by atoms with Crippen LogP contribution in [0.2, 0.25) is 0 Å². The molecule has 1 saturated heterocycles. The van der Waals surface area contributed by atoms with Crippen LogP contribution in [0.4, 0.5) is 11.4 Å². The number of benzene rings is 2. The number of rotatable bonds is 6. The minimum atomic E-state index is -0.412. The lowest BCUT2D eigenvalue weighted by Gasteiger charge is -2.23. The second-order valence-corrected chi connectivity index (χ2v) is 8.11. The van der Waals surface area contributed by atoms with E-state index in [9.17, 15) is 9.59 Å². The number of carbonyl (C=O) groups excluding carboxylic acids is 2. The van der Waals surface area contributed by atoms with Gasteiger partial charge in [-0.1, -0.05) is 49.4 Å². The first-order valence-electron chi connectivity index (χ1n) is 12.0. The molecule has 1 unspecified atom stereocenters. The third-order valence-electron chi connectivity index (χ3n) is 5.57. The highest BCUT2D eigenvalue weighted by Crippen LogP contribution is 2.20. The summed E-state index contributed by atoms with van der Waals surface area (Å²) in [6.45, 7) is 6.50. The van der Waals surface area contributed by atoms with Gasteiger partial charge < -0.3 is 32.1 Å². The second-order valence-electron chi connectivity index (χ2n) is 8.11. The van der Waals surface area contributed by atoms with Crippen molar-refractivity contribution in [1.82, 2.24) is 10.2 Å². The Balaban J connectivity index is 0.000000385. The minimum absolute atomic E-state index is 0.0637. The van der Waals surface area contributed by atoms with Crippen LogP contribution in [0, 0.1) is 0 Å². The van der Waals surface area contributed by atoms with E-state index in [0.717, 1.165) is 24.1 Å². The van der Waals surface area contributed by atoms with Crippen LogP contribution in [0.25, 0.3) is 0 Å². The topological polar surface area (TPSA) is 134 Å². The van der Waals surface area contributed by atoms with Crippen molar-refractivity contribution < 1.29 is 14.7 Å². The standard InChI is InChI=1S/C15H23N5O2.C8H10.C4H8O/c1-18-12-5-4-10(7-11(12)17)9-19-15(22)13-3-2-6-20(13)14(21)8-16;1-2-8-6-4-3-5-7-8;1-3-4(2)5/h4-5,7,13,18H,2-3,6,8-9,16-17H2,1H3,(H,19,22);3-7H,2H2,1H3;3,5H,1-2H3/b;;4-3+. The summed E-state index contributed by atoms with van der Waals surface area (Å²) in [5.74, 6) is 0.0563. The Morgan fingerprint density at radius 3 is 2.31 bits per heavy atom. The fourth-order valence-corrected chi connectivity index (χ4v) is 3.43. The number of hydrogen-bond acceptors (Lipinski definition) is 6. The molecule has 2 amide bonds. The quantitative estimate of drug-likeness (QED) is 0.315. The number of anilines is 2. The summed E-state index contributed by atoms with van der Waals surface area (Å²) in [6, 6.07) is 15.6. The maximum atomic E-state index is 12.3. The predicted molar refractivity (Wildman–Crippen MR) is 144 cm³/mol. The van der Waals surface area contributed by atoms with Gasteiger partial charge in [-0.05, 0) is 56.4 Å². The number of nitrogens with two attached hydrogens (primary N) is 2. The van der Waals surface area contributed by atoms with Crippen LogP contribution in [0.3, 0.4) is 0 Å². The number of carbonyl (C=O) groups is 2. The molecule has 0 aromatic heterocycles. The average molecular weight is 484 g/mol. The molecule has 0 saturated carbocycles. The summed E-state index contributed by atoms with van der Waals surface area (Å²) in [5, 5.41) is 14.1. The lowest BCUT2D eigenvalue weighted by Crippen LogP contribution is -2.47. The Hall–Kier alpha value is -3.52. The average Bonchev–Trinajstić information content (AvgIpc) is 3.38. The molecule has 8 heteroatoms. The minimum Gasteiger partial charge on any atom is -0.513 e. The Labute approximate surface area is 209 Å². The van der Waals surface area contributed by atoms with Crippen LogP contribution in [-0.4, -0.2) is 48.0 Å². The molecule has 1 aliphatic heterocycles. The van der Waals surface area contributed by atoms with Crippen molar-refractivity contribution in [2.75, 3.05) is 31.2 Å². The van der Waals surface area contributed by atoms with Crippen molar-refractivity contribution in [1.29, 1.82) is 0 Å². The van der Waals surface area contributed by atoms with Crippen molar-refractivity contribution in [3.05, 3.63) is 71.5 Å². The summed E-state index contributed by atoms with van der Waals surface area (Å²) in [6.07, 6.45) is 4.28. The predicted octanol–water partition coefficient (Wildman–Crippen LogP) is 3.59. The molecule has 1 fully saturated rings. The molecule has 1 aliphatic rings. The van der Waals surface area contributed by atoms with Gasteiger partial charge in [0.2, 0.25) is 11.8 Å². The van der Waals surface area contributed by atoms with E-state index in [1.165, 1.54) is 5.56 Å². The molecular weight excluding hydrogens is 442 g/mol. The number of aliphatic hydroxyl groups is 1. The van der Waals surface area contributed by atoms with Crippen LogP contribution in [0.5, 0.6) is 0 Å². The lowest BCUT2D eigenvalue weighted by atomic mass is 10.1. The number of likely N-dealkylation sites (tertiary alicyclic amines) is 1. The maximum absolute atomic E-state index is 12.3. The normalized spacial score (nSPS) is 14.7. The van der Waals surface area contributed by atoms with E-state index in [-0.39, 0.29) is 18.4 Å². The zero-order valence-electron chi connectivity index (χ0n) is 21.4. The fourth-order valence-electron chi connectivity index (χ4n) is 3.43. The lowest BCUT2D eigenvalue weighted by molar-refractivity contribution is -0.137. The highest BCUT2D eigenvalue weighted by atomic mass is 16.3. The number of nitrogens with one attached hydrogen (secondary N) is 2. The number of amides is 2. The van der Waals surface area contributed by atoms with E-state index < -0.39 is 6.04 Å². The Morgan fingerprint density at radius 1 is 1.17 bits per heavy atom. The van der Waals surface area contributed by atoms with Crippen molar-refractivity contribution >= 4 is 23.2 Å². The van der Waals surface area contributed by atoms with E-state index in [1.807, 2.05) is 24.3 Å². The van der Waals surface area contributed by atoms with E-state index in [1.54, 1.807) is 31.9 Å². The summed E-state index contributed by atoms with van der Waals surface area (Å²) >= 11 is 0. The van der Waals surface area contributed by atoms with Gasteiger partial charge in [0.25, 0.3) is 0 Å². The summed E-state index contributed by atoms with van der Waals surface area (Å²) in [5.41, 5.74) is 15.1. The second kappa shape index (κ2) is 16.2. The third-order valence-corrected chi connectivity index (χ3v) is 5.57. The monoisotopic (exact) mass is 483 g/mol. The van der Waals surface area contributed by atoms with Crippen LogP contribution in [0.1, 0.15) is 44.7 Å². The third kappa shape index (κ3) is 10.5. The smallest absolute Gasteiger partial charge is 0.243 e. The first-order valence-corrected chi connectivity index (χ1v) is 12.0. The van der Waals surface area contributed by atoms with Crippen LogP contribution in [-0.2, 0) is 22.6 Å². The number of aryl methyl sites for hydroxylation is 1. The van der Waals surface area contributed by atoms with Gasteiger partial charge in [-0.25, -0.2) is 0 Å². The zero-order chi connectivity index (χ0) is 26.2. The van der Waals surface area contributed by atoms with Crippen molar-refractivity contribution in [2.45, 2.75) is 52.6 Å². The molecule has 35 heavy (non-hydrogen) atoms. The number of nitrogens with zero attached hydrogens (tertiary/aromatic N) is 1. The molecule has 2 aromatic carbocycles. The SMILES string of the molecule is C/C=C(\C)O.CCc1ccccc1.CNc1ccc(CNC(=O)C2CCCN2C(=O)CN)cc1N. The number of aliphatic hydroxyl groups excluding tert-OH is 1. The highest BCUT2D eigenvalue weighted by Gasteiger charge is 2.33. The van der Waals surface area contributed by atoms with Crippen molar-refractivity contribution in [3.8, 4) is 0 Å². The van der Waals surface area contributed by atoms with Crippen LogP contribution < -0.4 is 22.1 Å². The van der Waals surface area contributed by atoms with E-state index in [0.29, 0.717) is 31.0 Å². The molecule has 3 rings (SSSR count). The zero-order valence-corrected chi connectivity index (χ0v) is 21.4. The van der Waals surface area contributed by atoms with Gasteiger partial charge >= 0.3 is 0 Å². The first kappa shape index (κ1) is 29.5. The highest BCUT2D eigenvalue weighted by molar-refractivity contribution is 5.88. The molecule has 1 atom stereocenters. The van der Waals surface area contributed by atoms with Crippen molar-refractivity contribution in [2.24, 2.45) is 5.73 Å². The molecule has 8 nitrogen and oxygen atoms in total. The van der Waals surface area contributed by atoms with Crippen LogP contribution >= 0.6 is 0 Å². The molecule has 0 radical (unpaired) electrons. The largest absolute Gasteiger partial charge is 0.513 e. The van der Waals surface area contributed by atoms with E-state index in [4.69, 9.17) is 16.6 Å². The molecule has 2 aromatic rings. The summed E-state index contributed by atoms with van der Waals surface area (Å²) < 4.78 is 0. The number of hydrogen-bond donors (Lipinski definition) is 5. The Kier molecular flexibility index (Phi) is 13.6. The molecular formula is C27H41N5O3. The number of allylic oxidation sites excluding steroid dienone is 2. The Bertz CT molecular complexity index is 943. The van der Waals surface area contributed by atoms with E-state index >= 15 is 0 Å². The van der Waals surface area contributed by atoms with Gasteiger partial charge in [0.05, 0.1) is 23.7 Å². The van der Waals surface area contributed by atoms with Gasteiger partial charge in [-0.15, -0.1) is 0 Å². The number of nitrogen functional groups attached to an aromatic ring is 1. The molecule has 0 spiro atoms. The van der Waals surface area contributed by atoms with Gasteiger partial charge in [0.1, 0.15) is 6.04 Å². The van der Waals surface area contributed by atoms with Gasteiger partial charge in [0, 0.05) is 20.1 Å². The summed E-state index contributed by atoms with van der Waals surface area (Å²) in [7, 11) is 1.80. The van der Waals surface area contributed by atoms with E-state index in [2.05, 4.69) is 41.8 Å². The molecule has 7 N–H and O–H groups in total. The van der Waals surface area contributed by atoms with Crippen LogP contribution in [0.15, 0.2) is 60.4 Å². The Morgan fingerprint density at radius 2 is 1.83 bits per heavy atom. The van der Waals surface area contributed by atoms with Gasteiger partial charge in [-0.3, -0.25) is 9.59 Å². The molecule has 1 heterocycles. The van der Waals surface area contributed by atoms with Crippen molar-refractivity contribution in [3.63, 3.8) is 0 Å². The molecule has 0 aliphatic carbocycles. The van der Waals surface area contributed by atoms with Gasteiger partial charge in [0.15, 0.2) is 0 Å². The van der Waals surface area contributed by atoms with Gasteiger partial charge in [-0.2, -0.15) is 0 Å². The fraction of sp³-hybridized carbons (Fsp3) is 0.407.